The minimum Gasteiger partial charge on any atom is -0.492 e. The average molecular weight is 293 g/mol. The highest BCUT2D eigenvalue weighted by atomic mass is 35.5. The van der Waals surface area contributed by atoms with E-state index >= 15 is 0 Å². The van der Waals surface area contributed by atoms with Crippen LogP contribution >= 0.6 is 11.6 Å². The van der Waals surface area contributed by atoms with Crippen molar-refractivity contribution in [2.75, 3.05) is 7.11 Å². The third-order valence-corrected chi connectivity index (χ3v) is 2.85. The van der Waals surface area contributed by atoms with E-state index in [4.69, 9.17) is 16.7 Å². The van der Waals surface area contributed by atoms with E-state index in [0.717, 1.165) is 7.11 Å². The van der Waals surface area contributed by atoms with Crippen molar-refractivity contribution in [2.45, 2.75) is 13.3 Å². The number of hydrogen-bond donors (Lipinski definition) is 1. The molecule has 1 N–H and O–H groups in total. The molecule has 0 bridgehead atoms. The maximum Gasteiger partial charge on any atom is 0.304 e. The highest BCUT2D eigenvalue weighted by Crippen LogP contribution is 2.33. The summed E-state index contributed by atoms with van der Waals surface area (Å²) in [6.07, 6.45) is -0.483. The van der Waals surface area contributed by atoms with E-state index in [2.05, 4.69) is 4.74 Å². The molecule has 0 aliphatic carbocycles. The first-order chi connectivity index (χ1) is 8.79. The van der Waals surface area contributed by atoms with Gasteiger partial charge in [0.2, 0.25) is 0 Å². The molecular formula is C12H11ClF2O4. The minimum atomic E-state index is -1.21. The number of carbonyl (C=O) groups excluding carboxylic acids is 1. The number of ether oxygens (including phenoxy) is 1. The van der Waals surface area contributed by atoms with Crippen molar-refractivity contribution in [1.29, 1.82) is 0 Å². The monoisotopic (exact) mass is 292 g/mol. The molecule has 1 unspecified atom stereocenters. The molecule has 0 radical (unpaired) electrons. The first kappa shape index (κ1) is 15.4. The van der Waals surface area contributed by atoms with Gasteiger partial charge in [0.05, 0.1) is 19.1 Å². The summed E-state index contributed by atoms with van der Waals surface area (Å²) < 4.78 is 31.9. The van der Waals surface area contributed by atoms with Crippen molar-refractivity contribution in [3.63, 3.8) is 0 Å². The van der Waals surface area contributed by atoms with Crippen molar-refractivity contribution in [3.05, 3.63) is 28.3 Å². The molecule has 1 aromatic carbocycles. The molecule has 104 valence electrons. The lowest BCUT2D eigenvalue weighted by molar-refractivity contribution is -0.137. The van der Waals surface area contributed by atoms with Gasteiger partial charge in [-0.3, -0.25) is 9.59 Å². The number of benzene rings is 1. The minimum absolute atomic E-state index is 0.483. The lowest BCUT2D eigenvalue weighted by Gasteiger charge is -2.12. The third-order valence-electron chi connectivity index (χ3n) is 2.51. The van der Waals surface area contributed by atoms with Crippen LogP contribution in [0.1, 0.15) is 23.7 Å². The number of rotatable bonds is 5. The van der Waals surface area contributed by atoms with Gasteiger partial charge in [-0.05, 0) is 6.07 Å². The Morgan fingerprint density at radius 2 is 2.05 bits per heavy atom. The molecule has 1 aromatic rings. The summed E-state index contributed by atoms with van der Waals surface area (Å²) in [6.45, 7) is 1.31. The Hall–Kier alpha value is -1.69. The van der Waals surface area contributed by atoms with Crippen LogP contribution in [0.15, 0.2) is 6.07 Å². The number of halogens is 3. The molecular weight excluding hydrogens is 282 g/mol. The number of methoxy groups -OCH3 is 1. The predicted octanol–water partition coefficient (Wildman–Crippen LogP) is 2.92. The summed E-state index contributed by atoms with van der Waals surface area (Å²) in [5, 5.41) is 7.93. The van der Waals surface area contributed by atoms with E-state index < -0.39 is 52.1 Å². The topological polar surface area (TPSA) is 63.6 Å². The van der Waals surface area contributed by atoms with Crippen molar-refractivity contribution < 1.29 is 28.2 Å². The standard InChI is InChI=1S/C12H11ClF2O4/c1-5(3-8(16)17)11(18)6-4-7(14)12(19-2)9(13)10(6)15/h4-5H,3H2,1-2H3,(H,16,17). The zero-order valence-corrected chi connectivity index (χ0v) is 10.9. The third kappa shape index (κ3) is 3.20. The fourth-order valence-corrected chi connectivity index (χ4v) is 1.83. The number of carboxylic acid groups (broad SMARTS) is 1. The van der Waals surface area contributed by atoms with E-state index in [1.165, 1.54) is 6.92 Å². The largest absolute Gasteiger partial charge is 0.492 e. The molecule has 0 saturated carbocycles. The molecule has 0 aliphatic heterocycles. The second kappa shape index (κ2) is 5.97. The number of aliphatic carboxylic acids is 1. The first-order valence-corrected chi connectivity index (χ1v) is 5.64. The predicted molar refractivity (Wildman–Crippen MR) is 63.7 cm³/mol. The van der Waals surface area contributed by atoms with Gasteiger partial charge in [0.15, 0.2) is 23.2 Å². The maximum atomic E-state index is 13.8. The smallest absolute Gasteiger partial charge is 0.304 e. The molecule has 4 nitrogen and oxygen atoms in total. The van der Waals surface area contributed by atoms with Crippen LogP contribution in [-0.2, 0) is 4.79 Å². The van der Waals surface area contributed by atoms with Crippen molar-refractivity contribution >= 4 is 23.4 Å². The summed E-state index contributed by atoms with van der Waals surface area (Å²) in [6, 6.07) is 0.654. The van der Waals surface area contributed by atoms with Crippen molar-refractivity contribution in [1.82, 2.24) is 0 Å². The molecule has 0 aromatic heterocycles. The van der Waals surface area contributed by atoms with Crippen LogP contribution in [0.25, 0.3) is 0 Å². The Bertz CT molecular complexity index is 531. The fraction of sp³-hybridized carbons (Fsp3) is 0.333. The Morgan fingerprint density at radius 3 is 2.53 bits per heavy atom. The van der Waals surface area contributed by atoms with Gasteiger partial charge in [0.25, 0.3) is 0 Å². The van der Waals surface area contributed by atoms with Crippen LogP contribution in [-0.4, -0.2) is 24.0 Å². The maximum absolute atomic E-state index is 13.8. The molecule has 0 amide bonds. The molecule has 1 atom stereocenters. The highest BCUT2D eigenvalue weighted by molar-refractivity contribution is 6.32. The van der Waals surface area contributed by atoms with E-state index in [9.17, 15) is 18.4 Å². The number of carboxylic acids is 1. The Kier molecular flexibility index (Phi) is 4.83. The Balaban J connectivity index is 3.22. The van der Waals surface area contributed by atoms with E-state index in [-0.39, 0.29) is 0 Å². The highest BCUT2D eigenvalue weighted by Gasteiger charge is 2.26. The summed E-state index contributed by atoms with van der Waals surface area (Å²) in [5.74, 6) is -5.64. The molecule has 0 saturated heterocycles. The number of ketones is 1. The lowest BCUT2D eigenvalue weighted by atomic mass is 9.96. The molecule has 0 spiro atoms. The second-order valence-electron chi connectivity index (χ2n) is 3.93. The van der Waals surface area contributed by atoms with Gasteiger partial charge in [-0.25, -0.2) is 8.78 Å². The van der Waals surface area contributed by atoms with E-state index in [1.807, 2.05) is 0 Å². The number of carbonyl (C=O) groups is 2. The molecule has 0 heterocycles. The first-order valence-electron chi connectivity index (χ1n) is 5.27. The summed E-state index contributed by atoms with van der Waals surface area (Å²) in [7, 11) is 1.11. The van der Waals surface area contributed by atoms with Gasteiger partial charge in [0, 0.05) is 5.92 Å². The van der Waals surface area contributed by atoms with Gasteiger partial charge in [-0.2, -0.15) is 0 Å². The molecule has 1 rings (SSSR count). The van der Waals surface area contributed by atoms with Crippen LogP contribution in [0, 0.1) is 17.6 Å². The zero-order chi connectivity index (χ0) is 14.7. The van der Waals surface area contributed by atoms with E-state index in [1.54, 1.807) is 0 Å². The molecule has 0 aliphatic rings. The molecule has 19 heavy (non-hydrogen) atoms. The van der Waals surface area contributed by atoms with Crippen LogP contribution in [0.5, 0.6) is 5.75 Å². The van der Waals surface area contributed by atoms with Crippen LogP contribution in [0.2, 0.25) is 5.02 Å². The average Bonchev–Trinajstić information content (AvgIpc) is 2.32. The number of Topliss-reactive ketones (excluding diaryl/α,β-unsaturated/α-hetero) is 1. The van der Waals surface area contributed by atoms with Crippen LogP contribution in [0.3, 0.4) is 0 Å². The van der Waals surface area contributed by atoms with Crippen molar-refractivity contribution in [3.8, 4) is 5.75 Å². The molecule has 0 fully saturated rings. The van der Waals surface area contributed by atoms with Gasteiger partial charge in [0.1, 0.15) is 5.02 Å². The van der Waals surface area contributed by atoms with Gasteiger partial charge in [-0.15, -0.1) is 0 Å². The van der Waals surface area contributed by atoms with Crippen LogP contribution < -0.4 is 4.74 Å². The quantitative estimate of drug-likeness (QED) is 0.669. The normalized spacial score (nSPS) is 12.1. The summed E-state index contributed by atoms with van der Waals surface area (Å²) >= 11 is 5.55. The Morgan fingerprint density at radius 1 is 1.47 bits per heavy atom. The number of hydrogen-bond acceptors (Lipinski definition) is 3. The zero-order valence-electron chi connectivity index (χ0n) is 10.2. The fourth-order valence-electron chi connectivity index (χ4n) is 1.56. The Labute approximate surface area is 112 Å². The summed E-state index contributed by atoms with van der Waals surface area (Å²) in [5.41, 5.74) is -0.586. The summed E-state index contributed by atoms with van der Waals surface area (Å²) in [4.78, 5) is 22.3. The second-order valence-corrected chi connectivity index (χ2v) is 4.31. The lowest BCUT2D eigenvalue weighted by Crippen LogP contribution is -2.17. The van der Waals surface area contributed by atoms with Gasteiger partial charge in [-0.1, -0.05) is 18.5 Å². The van der Waals surface area contributed by atoms with Crippen LogP contribution in [0.4, 0.5) is 8.78 Å². The van der Waals surface area contributed by atoms with Gasteiger partial charge < -0.3 is 9.84 Å². The SMILES string of the molecule is COc1c(F)cc(C(=O)C(C)CC(=O)O)c(F)c1Cl. The van der Waals surface area contributed by atoms with E-state index in [0.29, 0.717) is 6.07 Å². The van der Waals surface area contributed by atoms with Gasteiger partial charge >= 0.3 is 5.97 Å². The molecule has 7 heteroatoms. The van der Waals surface area contributed by atoms with Crippen molar-refractivity contribution in [2.24, 2.45) is 5.92 Å².